The van der Waals surface area contributed by atoms with Crippen LogP contribution in [0.5, 0.6) is 0 Å². The predicted molar refractivity (Wildman–Crippen MR) is 144 cm³/mol. The summed E-state index contributed by atoms with van der Waals surface area (Å²) in [6, 6.07) is 15.6. The third-order valence-corrected chi connectivity index (χ3v) is 7.03. The van der Waals surface area contributed by atoms with Gasteiger partial charge < -0.3 is 10.2 Å². The largest absolute Gasteiger partial charge is 0.355 e. The van der Waals surface area contributed by atoms with E-state index < -0.39 is 11.5 Å². The number of nitrogens with one attached hydrogen (secondary N) is 1. The van der Waals surface area contributed by atoms with E-state index in [2.05, 4.69) is 22.1 Å². The maximum atomic E-state index is 15.1. The Bertz CT molecular complexity index is 1610. The number of fused-ring (bicyclic) bond motifs is 1. The smallest absolute Gasteiger partial charge is 0.351 e. The molecule has 1 atom stereocenters. The fraction of sp³-hybridized carbons (Fsp3) is 0.286. The Kier molecular flexibility index (Phi) is 6.67. The molecule has 37 heavy (non-hydrogen) atoms. The first kappa shape index (κ1) is 24.9. The van der Waals surface area contributed by atoms with Crippen LogP contribution in [-0.2, 0) is 0 Å². The molecular formula is C28H26ClFN6O. The molecule has 0 unspecified atom stereocenters. The molecule has 1 saturated heterocycles. The van der Waals surface area contributed by atoms with E-state index in [1.54, 1.807) is 6.07 Å². The normalized spacial score (nSPS) is 15.8. The Hall–Kier alpha value is -3.80. The van der Waals surface area contributed by atoms with E-state index in [-0.39, 0.29) is 33.8 Å². The van der Waals surface area contributed by atoms with Crippen LogP contribution >= 0.6 is 11.6 Å². The lowest BCUT2D eigenvalue weighted by atomic mass is 10.0. The minimum atomic E-state index is -0.616. The molecule has 7 nitrogen and oxygen atoms in total. The number of pyridine rings is 1. The Labute approximate surface area is 219 Å². The van der Waals surface area contributed by atoms with Gasteiger partial charge >= 0.3 is 5.69 Å². The molecule has 9 heteroatoms. The zero-order chi connectivity index (χ0) is 26.3. The third-order valence-electron chi connectivity index (χ3n) is 6.75. The summed E-state index contributed by atoms with van der Waals surface area (Å²) in [4.78, 5) is 25.1. The van der Waals surface area contributed by atoms with Crippen LogP contribution in [0, 0.1) is 17.1 Å². The molecule has 4 aromatic rings. The zero-order valence-electron chi connectivity index (χ0n) is 20.8. The molecule has 0 spiro atoms. The van der Waals surface area contributed by atoms with Crippen molar-refractivity contribution in [2.75, 3.05) is 24.5 Å². The number of hydrogen-bond donors (Lipinski definition) is 1. The van der Waals surface area contributed by atoms with Gasteiger partial charge in [-0.25, -0.2) is 18.7 Å². The van der Waals surface area contributed by atoms with Crippen LogP contribution in [0.3, 0.4) is 0 Å². The molecule has 0 amide bonds. The van der Waals surface area contributed by atoms with Crippen molar-refractivity contribution in [1.82, 2.24) is 19.9 Å². The molecule has 0 saturated carbocycles. The summed E-state index contributed by atoms with van der Waals surface area (Å²) in [6.07, 6.45) is 0. The highest BCUT2D eigenvalue weighted by Crippen LogP contribution is 2.36. The van der Waals surface area contributed by atoms with Gasteiger partial charge in [-0.3, -0.25) is 0 Å². The molecule has 1 N–H and O–H groups in total. The number of nitriles is 1. The van der Waals surface area contributed by atoms with E-state index in [1.165, 1.54) is 22.8 Å². The molecule has 0 aliphatic carbocycles. The molecule has 2 aromatic carbocycles. The molecule has 0 radical (unpaired) electrons. The number of hydrogen-bond acceptors (Lipinski definition) is 6. The molecule has 5 rings (SSSR count). The minimum absolute atomic E-state index is 0.00180. The van der Waals surface area contributed by atoms with Crippen molar-refractivity contribution in [2.45, 2.75) is 32.7 Å². The molecule has 188 valence electrons. The first-order valence-corrected chi connectivity index (χ1v) is 12.6. The van der Waals surface area contributed by atoms with Crippen molar-refractivity contribution >= 4 is 28.5 Å². The van der Waals surface area contributed by atoms with E-state index in [0.717, 1.165) is 18.7 Å². The highest BCUT2D eigenvalue weighted by Gasteiger charge is 2.27. The maximum Gasteiger partial charge on any atom is 0.355 e. The van der Waals surface area contributed by atoms with Crippen LogP contribution < -0.4 is 15.9 Å². The van der Waals surface area contributed by atoms with Gasteiger partial charge in [-0.05, 0) is 42.7 Å². The van der Waals surface area contributed by atoms with Crippen molar-refractivity contribution in [3.8, 4) is 23.0 Å². The van der Waals surface area contributed by atoms with E-state index in [9.17, 15) is 10.1 Å². The van der Waals surface area contributed by atoms with Crippen LogP contribution in [0.2, 0.25) is 5.02 Å². The minimum Gasteiger partial charge on any atom is -0.351 e. The lowest BCUT2D eigenvalue weighted by molar-refractivity contribution is 0.497. The summed E-state index contributed by atoms with van der Waals surface area (Å²) < 4.78 is 16.5. The SMILES string of the molecule is CC(C)c1ccccc1-n1c(=O)nc(N2CCNC[C@@H]2C)c2cc(Cl)c(-c3c(F)cccc3C#N)nc21. The summed E-state index contributed by atoms with van der Waals surface area (Å²) >= 11 is 6.72. The van der Waals surface area contributed by atoms with Gasteiger partial charge in [-0.2, -0.15) is 10.2 Å². The summed E-state index contributed by atoms with van der Waals surface area (Å²) in [5, 5.41) is 13.8. The average Bonchev–Trinajstić information content (AvgIpc) is 2.88. The Morgan fingerprint density at radius 1 is 1.19 bits per heavy atom. The van der Waals surface area contributed by atoms with Gasteiger partial charge in [0.2, 0.25) is 0 Å². The predicted octanol–water partition coefficient (Wildman–Crippen LogP) is 5.03. The lowest BCUT2D eigenvalue weighted by Gasteiger charge is -2.35. The van der Waals surface area contributed by atoms with E-state index in [0.29, 0.717) is 29.1 Å². The fourth-order valence-corrected chi connectivity index (χ4v) is 5.16. The molecule has 2 aromatic heterocycles. The van der Waals surface area contributed by atoms with Crippen molar-refractivity contribution < 1.29 is 4.39 Å². The summed E-state index contributed by atoms with van der Waals surface area (Å²) in [7, 11) is 0. The summed E-state index contributed by atoms with van der Waals surface area (Å²) in [5.74, 6) is -0.00824. The van der Waals surface area contributed by atoms with Gasteiger partial charge in [0.15, 0.2) is 5.65 Å². The van der Waals surface area contributed by atoms with Crippen LogP contribution in [0.1, 0.15) is 37.8 Å². The number of benzene rings is 2. The van der Waals surface area contributed by atoms with E-state index in [4.69, 9.17) is 16.6 Å². The number of para-hydroxylation sites is 1. The summed E-state index contributed by atoms with van der Waals surface area (Å²) in [6.45, 7) is 8.28. The number of anilines is 1. The van der Waals surface area contributed by atoms with Gasteiger partial charge in [-0.1, -0.05) is 49.7 Å². The Morgan fingerprint density at radius 3 is 2.70 bits per heavy atom. The fourth-order valence-electron chi connectivity index (χ4n) is 4.91. The second-order valence-electron chi connectivity index (χ2n) is 9.48. The molecule has 1 aliphatic heterocycles. The topological polar surface area (TPSA) is 86.8 Å². The molecule has 3 heterocycles. The monoisotopic (exact) mass is 516 g/mol. The average molecular weight is 517 g/mol. The second kappa shape index (κ2) is 9.92. The van der Waals surface area contributed by atoms with Crippen LogP contribution in [-0.4, -0.2) is 40.2 Å². The van der Waals surface area contributed by atoms with Crippen molar-refractivity contribution in [3.05, 3.63) is 81.0 Å². The van der Waals surface area contributed by atoms with Crippen LogP contribution in [0.25, 0.3) is 28.0 Å². The highest BCUT2D eigenvalue weighted by molar-refractivity contribution is 6.34. The van der Waals surface area contributed by atoms with Gasteiger partial charge in [0, 0.05) is 25.7 Å². The maximum absolute atomic E-state index is 15.1. The van der Waals surface area contributed by atoms with Gasteiger partial charge in [0.25, 0.3) is 0 Å². The van der Waals surface area contributed by atoms with Gasteiger partial charge in [0.05, 0.1) is 39.0 Å². The first-order valence-electron chi connectivity index (χ1n) is 12.2. The number of piperazine rings is 1. The number of halogens is 2. The van der Waals surface area contributed by atoms with Crippen LogP contribution in [0.4, 0.5) is 10.2 Å². The summed E-state index contributed by atoms with van der Waals surface area (Å²) in [5.41, 5.74) is 1.62. The zero-order valence-corrected chi connectivity index (χ0v) is 21.6. The molecule has 1 fully saturated rings. The number of rotatable bonds is 4. The second-order valence-corrected chi connectivity index (χ2v) is 9.88. The van der Waals surface area contributed by atoms with Gasteiger partial charge in [0.1, 0.15) is 11.6 Å². The van der Waals surface area contributed by atoms with E-state index >= 15 is 4.39 Å². The Morgan fingerprint density at radius 2 is 1.97 bits per heavy atom. The van der Waals surface area contributed by atoms with Crippen molar-refractivity contribution in [2.24, 2.45) is 0 Å². The standard InChI is InChI=1S/C28H26ClFN6O/c1-16(2)19-8-4-5-10-23(19)36-27-20(26(34-28(36)37)35-12-11-32-15-17(35)3)13-21(29)25(33-27)24-18(14-31)7-6-9-22(24)30/h4-10,13,16-17,32H,11-12,15H2,1-3H3/t17-/m0/s1. The van der Waals surface area contributed by atoms with Crippen molar-refractivity contribution in [3.63, 3.8) is 0 Å². The lowest BCUT2D eigenvalue weighted by Crippen LogP contribution is -2.50. The number of aromatic nitrogens is 3. The Balaban J connectivity index is 1.91. The quantitative estimate of drug-likeness (QED) is 0.409. The number of nitrogens with zero attached hydrogens (tertiary/aromatic N) is 5. The molecule has 1 aliphatic rings. The highest BCUT2D eigenvalue weighted by atomic mass is 35.5. The molecule has 0 bridgehead atoms. The van der Waals surface area contributed by atoms with E-state index in [1.807, 2.05) is 44.2 Å². The van der Waals surface area contributed by atoms with Crippen molar-refractivity contribution in [1.29, 1.82) is 5.26 Å². The first-order chi connectivity index (χ1) is 17.8. The molecular weight excluding hydrogens is 491 g/mol. The third kappa shape index (κ3) is 4.35. The van der Waals surface area contributed by atoms with Crippen LogP contribution in [0.15, 0.2) is 53.3 Å². The van der Waals surface area contributed by atoms with Gasteiger partial charge in [-0.15, -0.1) is 0 Å².